The van der Waals surface area contributed by atoms with Crippen LogP contribution in [0.4, 0.5) is 5.69 Å². The second-order valence-corrected chi connectivity index (χ2v) is 6.72. The average Bonchev–Trinajstić information content (AvgIpc) is 2.81. The predicted molar refractivity (Wildman–Crippen MR) is 120 cm³/mol. The molecule has 6 heteroatoms. The van der Waals surface area contributed by atoms with Crippen LogP contribution < -0.4 is 20.1 Å². The van der Waals surface area contributed by atoms with E-state index in [1.54, 1.807) is 19.2 Å². The molecule has 0 saturated carbocycles. The molecule has 6 nitrogen and oxygen atoms in total. The number of hydrogen-bond acceptors (Lipinski definition) is 5. The molecule has 3 aromatic rings. The summed E-state index contributed by atoms with van der Waals surface area (Å²) in [5.74, 6) is 1.72. The van der Waals surface area contributed by atoms with Gasteiger partial charge in [0.25, 0.3) is 5.91 Å². The summed E-state index contributed by atoms with van der Waals surface area (Å²) in [6.45, 7) is 1.85. The number of amides is 1. The number of anilines is 1. The molecule has 0 aliphatic rings. The highest BCUT2D eigenvalue weighted by Crippen LogP contribution is 2.23. The van der Waals surface area contributed by atoms with Gasteiger partial charge in [0.1, 0.15) is 28.9 Å². The van der Waals surface area contributed by atoms with Crippen LogP contribution in [0, 0.1) is 11.3 Å². The number of ether oxygens (including phenoxy) is 2. The number of rotatable bonds is 8. The van der Waals surface area contributed by atoms with E-state index in [1.807, 2.05) is 79.7 Å². The van der Waals surface area contributed by atoms with Crippen LogP contribution in [0.1, 0.15) is 18.5 Å². The number of nitriles is 1. The molecule has 0 aromatic heterocycles. The van der Waals surface area contributed by atoms with Crippen LogP contribution in [0.3, 0.4) is 0 Å². The Balaban J connectivity index is 1.59. The first kappa shape index (κ1) is 21.5. The Labute approximate surface area is 181 Å². The van der Waals surface area contributed by atoms with Gasteiger partial charge < -0.3 is 20.1 Å². The van der Waals surface area contributed by atoms with E-state index in [1.165, 1.54) is 6.20 Å². The number of nitrogens with zero attached hydrogens (tertiary/aromatic N) is 1. The second-order valence-electron chi connectivity index (χ2n) is 6.72. The van der Waals surface area contributed by atoms with E-state index in [4.69, 9.17) is 9.47 Å². The van der Waals surface area contributed by atoms with Crippen molar-refractivity contribution in [1.82, 2.24) is 5.32 Å². The summed E-state index contributed by atoms with van der Waals surface area (Å²) in [7, 11) is 1.60. The predicted octanol–water partition coefficient (Wildman–Crippen LogP) is 5.18. The Kier molecular flexibility index (Phi) is 7.28. The van der Waals surface area contributed by atoms with E-state index in [-0.39, 0.29) is 11.6 Å². The van der Waals surface area contributed by atoms with Crippen LogP contribution in [-0.4, -0.2) is 13.0 Å². The minimum absolute atomic E-state index is 0.0232. The maximum absolute atomic E-state index is 12.5. The summed E-state index contributed by atoms with van der Waals surface area (Å²) in [4.78, 5) is 12.5. The van der Waals surface area contributed by atoms with Crippen molar-refractivity contribution in [2.45, 2.75) is 13.0 Å². The molecule has 0 heterocycles. The molecule has 0 radical (unpaired) electrons. The van der Waals surface area contributed by atoms with Crippen LogP contribution in [0.2, 0.25) is 0 Å². The lowest BCUT2D eigenvalue weighted by Crippen LogP contribution is -2.28. The SMILES string of the molecule is COc1ccc(C(C)NC(=O)/C(C#N)=C\Nc2ccc(Oc3ccccc3)cc2)cc1. The molecule has 0 aliphatic carbocycles. The van der Waals surface area contributed by atoms with Gasteiger partial charge in [-0.05, 0) is 61.0 Å². The van der Waals surface area contributed by atoms with Gasteiger partial charge in [0, 0.05) is 11.9 Å². The van der Waals surface area contributed by atoms with Crippen LogP contribution >= 0.6 is 0 Å². The molecule has 1 unspecified atom stereocenters. The summed E-state index contributed by atoms with van der Waals surface area (Å²) in [5, 5.41) is 15.2. The monoisotopic (exact) mass is 413 g/mol. The molecule has 3 aromatic carbocycles. The maximum atomic E-state index is 12.5. The minimum atomic E-state index is -0.456. The summed E-state index contributed by atoms with van der Waals surface area (Å²) in [6, 6.07) is 25.8. The zero-order chi connectivity index (χ0) is 22.1. The number of nitrogens with one attached hydrogen (secondary N) is 2. The highest BCUT2D eigenvalue weighted by Gasteiger charge is 2.14. The molecular formula is C25H23N3O3. The Morgan fingerprint density at radius 1 is 0.935 bits per heavy atom. The fraction of sp³-hybridized carbons (Fsp3) is 0.120. The molecule has 0 fully saturated rings. The van der Waals surface area contributed by atoms with Crippen molar-refractivity contribution in [2.24, 2.45) is 0 Å². The van der Waals surface area contributed by atoms with E-state index < -0.39 is 5.91 Å². The van der Waals surface area contributed by atoms with E-state index in [0.29, 0.717) is 5.75 Å². The lowest BCUT2D eigenvalue weighted by Gasteiger charge is -2.14. The Morgan fingerprint density at radius 2 is 1.55 bits per heavy atom. The lowest BCUT2D eigenvalue weighted by atomic mass is 10.1. The highest BCUT2D eigenvalue weighted by atomic mass is 16.5. The van der Waals surface area contributed by atoms with Crippen molar-refractivity contribution in [1.29, 1.82) is 5.26 Å². The molecule has 1 amide bonds. The van der Waals surface area contributed by atoms with Crippen LogP contribution in [0.15, 0.2) is 90.6 Å². The zero-order valence-electron chi connectivity index (χ0n) is 17.3. The second kappa shape index (κ2) is 10.5. The fourth-order valence-corrected chi connectivity index (χ4v) is 2.80. The van der Waals surface area contributed by atoms with Gasteiger partial charge in [0.05, 0.1) is 13.2 Å². The van der Waals surface area contributed by atoms with Crippen molar-refractivity contribution >= 4 is 11.6 Å². The largest absolute Gasteiger partial charge is 0.497 e. The van der Waals surface area contributed by atoms with E-state index >= 15 is 0 Å². The first-order chi connectivity index (χ1) is 15.1. The fourth-order valence-electron chi connectivity index (χ4n) is 2.80. The highest BCUT2D eigenvalue weighted by molar-refractivity contribution is 5.97. The molecule has 2 N–H and O–H groups in total. The van der Waals surface area contributed by atoms with Crippen LogP contribution in [0.25, 0.3) is 0 Å². The van der Waals surface area contributed by atoms with Crippen molar-refractivity contribution in [3.8, 4) is 23.3 Å². The summed E-state index contributed by atoms with van der Waals surface area (Å²) in [5.41, 5.74) is 1.61. The van der Waals surface area contributed by atoms with Crippen molar-refractivity contribution in [3.63, 3.8) is 0 Å². The molecule has 0 bridgehead atoms. The number of hydrogen-bond donors (Lipinski definition) is 2. The lowest BCUT2D eigenvalue weighted by molar-refractivity contribution is -0.117. The summed E-state index contributed by atoms with van der Waals surface area (Å²) in [6.07, 6.45) is 1.39. The average molecular weight is 413 g/mol. The normalized spacial score (nSPS) is 11.7. The van der Waals surface area contributed by atoms with Crippen molar-refractivity contribution in [3.05, 3.63) is 96.2 Å². The van der Waals surface area contributed by atoms with Crippen molar-refractivity contribution < 1.29 is 14.3 Å². The quantitative estimate of drug-likeness (QED) is 0.392. The first-order valence-corrected chi connectivity index (χ1v) is 9.73. The van der Waals surface area contributed by atoms with E-state index in [0.717, 1.165) is 22.7 Å². The number of benzene rings is 3. The molecular weight excluding hydrogens is 390 g/mol. The van der Waals surface area contributed by atoms with Gasteiger partial charge in [-0.3, -0.25) is 4.79 Å². The van der Waals surface area contributed by atoms with Gasteiger partial charge in [-0.1, -0.05) is 30.3 Å². The number of para-hydroxylation sites is 1. The summed E-state index contributed by atoms with van der Waals surface area (Å²) < 4.78 is 10.9. The summed E-state index contributed by atoms with van der Waals surface area (Å²) >= 11 is 0. The van der Waals surface area contributed by atoms with Gasteiger partial charge in [-0.2, -0.15) is 5.26 Å². The van der Waals surface area contributed by atoms with Gasteiger partial charge in [0.15, 0.2) is 0 Å². The van der Waals surface area contributed by atoms with Gasteiger partial charge in [-0.15, -0.1) is 0 Å². The third-order valence-electron chi connectivity index (χ3n) is 4.54. The van der Waals surface area contributed by atoms with Gasteiger partial charge in [0.2, 0.25) is 0 Å². The molecule has 3 rings (SSSR count). The molecule has 156 valence electrons. The van der Waals surface area contributed by atoms with Gasteiger partial charge >= 0.3 is 0 Å². The van der Waals surface area contributed by atoms with Crippen LogP contribution in [0.5, 0.6) is 17.2 Å². The topological polar surface area (TPSA) is 83.4 Å². The smallest absolute Gasteiger partial charge is 0.263 e. The molecule has 0 aliphatic heterocycles. The van der Waals surface area contributed by atoms with E-state index in [2.05, 4.69) is 10.6 Å². The van der Waals surface area contributed by atoms with Crippen molar-refractivity contribution in [2.75, 3.05) is 12.4 Å². The third-order valence-corrected chi connectivity index (χ3v) is 4.54. The standard InChI is InChI=1S/C25H23N3O3/c1-18(19-8-12-22(30-2)13-9-19)28-25(29)20(16-26)17-27-21-10-14-24(15-11-21)31-23-6-4-3-5-7-23/h3-15,17-18,27H,1-2H3,(H,28,29)/b20-17-. The molecule has 0 saturated heterocycles. The number of carbonyl (C=O) groups excluding carboxylic acids is 1. The van der Waals surface area contributed by atoms with E-state index in [9.17, 15) is 10.1 Å². The maximum Gasteiger partial charge on any atom is 0.263 e. The Morgan fingerprint density at radius 3 is 2.16 bits per heavy atom. The number of carbonyl (C=O) groups is 1. The third kappa shape index (κ3) is 6.12. The van der Waals surface area contributed by atoms with Gasteiger partial charge in [-0.25, -0.2) is 0 Å². The number of methoxy groups -OCH3 is 1. The van der Waals surface area contributed by atoms with Crippen LogP contribution in [-0.2, 0) is 4.79 Å². The zero-order valence-corrected chi connectivity index (χ0v) is 17.3. The first-order valence-electron chi connectivity index (χ1n) is 9.73. The minimum Gasteiger partial charge on any atom is -0.497 e. The molecule has 1 atom stereocenters. The molecule has 0 spiro atoms. The Bertz CT molecular complexity index is 1070. The molecule has 31 heavy (non-hydrogen) atoms. The Hall–Kier alpha value is -4.24.